The number of aromatic hydroxyl groups is 1. The van der Waals surface area contributed by atoms with Crippen molar-refractivity contribution < 1.29 is 19.1 Å². The Balaban J connectivity index is 2.70. The van der Waals surface area contributed by atoms with E-state index in [0.717, 1.165) is 0 Å². The van der Waals surface area contributed by atoms with E-state index in [9.17, 15) is 14.7 Å². The number of esters is 1. The van der Waals surface area contributed by atoms with E-state index in [0.29, 0.717) is 5.09 Å². The van der Waals surface area contributed by atoms with Gasteiger partial charge in [0.1, 0.15) is 22.5 Å². The van der Waals surface area contributed by atoms with Crippen LogP contribution in [0.4, 0.5) is 0 Å². The molecule has 5 nitrogen and oxygen atoms in total. The molecular weight excluding hydrogens is 256 g/mol. The molecule has 1 aromatic heterocycles. The summed E-state index contributed by atoms with van der Waals surface area (Å²) < 4.78 is 10.3. The van der Waals surface area contributed by atoms with Gasteiger partial charge in [0, 0.05) is 25.1 Å². The number of rotatable bonds is 2. The van der Waals surface area contributed by atoms with Crippen LogP contribution in [-0.4, -0.2) is 17.3 Å². The Hall–Kier alpha value is -1.95. The van der Waals surface area contributed by atoms with Crippen LogP contribution in [0.1, 0.15) is 6.92 Å². The van der Waals surface area contributed by atoms with Crippen molar-refractivity contribution >= 4 is 28.7 Å². The number of hydrogen-bond donors (Lipinski definition) is 1. The predicted octanol–water partition coefficient (Wildman–Crippen LogP) is 2.15. The molecule has 0 radical (unpaired) electrons. The molecule has 2 rings (SSSR count). The van der Waals surface area contributed by atoms with Crippen LogP contribution < -0.4 is 10.2 Å². The lowest BCUT2D eigenvalue weighted by Gasteiger charge is -2.05. The molecule has 0 bridgehead atoms. The van der Waals surface area contributed by atoms with Gasteiger partial charge in [0.05, 0.1) is 0 Å². The molecule has 18 heavy (non-hydrogen) atoms. The summed E-state index contributed by atoms with van der Waals surface area (Å²) in [6, 6.07) is 3.91. The van der Waals surface area contributed by atoms with Crippen LogP contribution in [0, 0.1) is 0 Å². The van der Waals surface area contributed by atoms with Crippen LogP contribution in [0.3, 0.4) is 0 Å². The van der Waals surface area contributed by atoms with Crippen LogP contribution in [0.15, 0.2) is 32.5 Å². The Morgan fingerprint density at radius 3 is 2.72 bits per heavy atom. The van der Waals surface area contributed by atoms with E-state index >= 15 is 0 Å². The zero-order valence-electron chi connectivity index (χ0n) is 9.72. The Morgan fingerprint density at radius 1 is 1.39 bits per heavy atom. The van der Waals surface area contributed by atoms with Gasteiger partial charge in [-0.2, -0.15) is 0 Å². The van der Waals surface area contributed by atoms with Gasteiger partial charge >= 0.3 is 5.97 Å². The standard InChI is InChI=1S/C12H10O5S/c1-6(13)16-7-3-8(14)12-9(15)5-11(18-2)17-10(12)4-7/h3-5,14H,1-2H3. The zero-order valence-corrected chi connectivity index (χ0v) is 10.5. The number of benzene rings is 1. The van der Waals surface area contributed by atoms with Crippen LogP contribution in [0.5, 0.6) is 11.5 Å². The quantitative estimate of drug-likeness (QED) is 0.510. The Bertz CT molecular complexity index is 674. The molecule has 0 spiro atoms. The molecule has 0 aliphatic carbocycles. The lowest BCUT2D eigenvalue weighted by Crippen LogP contribution is -2.03. The third-order valence-electron chi connectivity index (χ3n) is 2.22. The molecule has 0 saturated carbocycles. The van der Waals surface area contributed by atoms with E-state index in [-0.39, 0.29) is 27.9 Å². The first-order chi connectivity index (χ1) is 8.51. The van der Waals surface area contributed by atoms with Crippen LogP contribution in [-0.2, 0) is 4.79 Å². The van der Waals surface area contributed by atoms with E-state index in [1.54, 1.807) is 6.26 Å². The van der Waals surface area contributed by atoms with Crippen molar-refractivity contribution in [2.45, 2.75) is 12.0 Å². The fourth-order valence-corrected chi connectivity index (χ4v) is 1.94. The first kappa shape index (κ1) is 12.5. The molecule has 1 aromatic carbocycles. The second-order valence-electron chi connectivity index (χ2n) is 3.54. The average Bonchev–Trinajstić information content (AvgIpc) is 2.26. The molecule has 0 aliphatic rings. The molecule has 94 valence electrons. The number of hydrogen-bond acceptors (Lipinski definition) is 6. The van der Waals surface area contributed by atoms with E-state index < -0.39 is 5.97 Å². The molecular formula is C12H10O5S. The highest BCUT2D eigenvalue weighted by atomic mass is 32.2. The topological polar surface area (TPSA) is 76.7 Å². The zero-order chi connectivity index (χ0) is 13.3. The van der Waals surface area contributed by atoms with Crippen LogP contribution in [0.25, 0.3) is 11.0 Å². The van der Waals surface area contributed by atoms with Crippen LogP contribution in [0.2, 0.25) is 0 Å². The summed E-state index contributed by atoms with van der Waals surface area (Å²) in [5.41, 5.74) is -0.157. The van der Waals surface area contributed by atoms with Crippen molar-refractivity contribution in [3.8, 4) is 11.5 Å². The Morgan fingerprint density at radius 2 is 2.11 bits per heavy atom. The van der Waals surface area contributed by atoms with Crippen LogP contribution >= 0.6 is 11.8 Å². The van der Waals surface area contributed by atoms with Crippen molar-refractivity contribution in [2.75, 3.05) is 6.26 Å². The number of ether oxygens (including phenoxy) is 1. The maximum absolute atomic E-state index is 11.8. The molecule has 0 fully saturated rings. The summed E-state index contributed by atoms with van der Waals surface area (Å²) in [4.78, 5) is 22.6. The maximum atomic E-state index is 11.8. The Kier molecular flexibility index (Phi) is 3.29. The molecule has 0 amide bonds. The van der Waals surface area contributed by atoms with Crippen molar-refractivity contribution in [3.05, 3.63) is 28.4 Å². The molecule has 0 unspecified atom stereocenters. The monoisotopic (exact) mass is 266 g/mol. The minimum absolute atomic E-state index is 0.0729. The highest BCUT2D eigenvalue weighted by molar-refractivity contribution is 7.98. The maximum Gasteiger partial charge on any atom is 0.308 e. The second kappa shape index (κ2) is 4.73. The van der Waals surface area contributed by atoms with Gasteiger partial charge in [-0.05, 0) is 6.26 Å². The fourth-order valence-electron chi connectivity index (χ4n) is 1.55. The van der Waals surface area contributed by atoms with E-state index in [2.05, 4.69) is 0 Å². The molecule has 0 aliphatic heterocycles. The number of phenols is 1. The number of carbonyl (C=O) groups is 1. The van der Waals surface area contributed by atoms with Crippen molar-refractivity contribution in [2.24, 2.45) is 0 Å². The van der Waals surface area contributed by atoms with Gasteiger partial charge in [0.2, 0.25) is 0 Å². The van der Waals surface area contributed by atoms with Gasteiger partial charge in [-0.25, -0.2) is 0 Å². The molecule has 0 atom stereocenters. The van der Waals surface area contributed by atoms with E-state index in [4.69, 9.17) is 9.15 Å². The van der Waals surface area contributed by atoms with Gasteiger partial charge in [0.25, 0.3) is 0 Å². The highest BCUT2D eigenvalue weighted by Gasteiger charge is 2.12. The summed E-state index contributed by atoms with van der Waals surface area (Å²) >= 11 is 1.27. The normalized spacial score (nSPS) is 10.6. The van der Waals surface area contributed by atoms with Gasteiger partial charge in [-0.15, -0.1) is 0 Å². The van der Waals surface area contributed by atoms with Crippen molar-refractivity contribution in [1.82, 2.24) is 0 Å². The fraction of sp³-hybridized carbons (Fsp3) is 0.167. The SMILES string of the molecule is CSc1cc(=O)c2c(O)cc(OC(C)=O)cc2o1. The molecule has 6 heteroatoms. The molecule has 2 aromatic rings. The predicted molar refractivity (Wildman–Crippen MR) is 67.2 cm³/mol. The van der Waals surface area contributed by atoms with Crippen molar-refractivity contribution in [1.29, 1.82) is 0 Å². The third-order valence-corrected chi connectivity index (χ3v) is 2.83. The Labute approximate surface area is 106 Å². The lowest BCUT2D eigenvalue weighted by atomic mass is 10.2. The summed E-state index contributed by atoms with van der Waals surface area (Å²) in [6.07, 6.45) is 1.76. The van der Waals surface area contributed by atoms with Gasteiger partial charge in [-0.3, -0.25) is 9.59 Å². The number of thioether (sulfide) groups is 1. The average molecular weight is 266 g/mol. The van der Waals surface area contributed by atoms with Crippen molar-refractivity contribution in [3.63, 3.8) is 0 Å². The minimum atomic E-state index is -0.517. The lowest BCUT2D eigenvalue weighted by molar-refractivity contribution is -0.131. The van der Waals surface area contributed by atoms with E-state index in [1.165, 1.54) is 36.9 Å². The number of carbonyl (C=O) groups excluding carboxylic acids is 1. The number of phenolic OH excluding ortho intramolecular Hbond substituents is 1. The first-order valence-corrected chi connectivity index (χ1v) is 6.27. The van der Waals surface area contributed by atoms with Gasteiger partial charge in [-0.1, -0.05) is 11.8 Å². The smallest absolute Gasteiger partial charge is 0.308 e. The second-order valence-corrected chi connectivity index (χ2v) is 4.35. The van der Waals surface area contributed by atoms with Gasteiger partial charge < -0.3 is 14.3 Å². The minimum Gasteiger partial charge on any atom is -0.507 e. The highest BCUT2D eigenvalue weighted by Crippen LogP contribution is 2.30. The van der Waals surface area contributed by atoms with E-state index in [1.807, 2.05) is 0 Å². The summed E-state index contributed by atoms with van der Waals surface area (Å²) in [7, 11) is 0. The first-order valence-electron chi connectivity index (χ1n) is 5.04. The largest absolute Gasteiger partial charge is 0.507 e. The molecule has 0 saturated heterocycles. The summed E-state index contributed by atoms with van der Waals surface area (Å²) in [6.45, 7) is 1.25. The molecule has 1 heterocycles. The molecule has 1 N–H and O–H groups in total. The summed E-state index contributed by atoms with van der Waals surface area (Å²) in [5.74, 6) is -0.656. The number of fused-ring (bicyclic) bond motifs is 1. The third kappa shape index (κ3) is 2.33. The summed E-state index contributed by atoms with van der Waals surface area (Å²) in [5, 5.41) is 10.2. The van der Waals surface area contributed by atoms with Gasteiger partial charge in [0.15, 0.2) is 10.5 Å².